The van der Waals surface area contributed by atoms with E-state index in [9.17, 15) is 0 Å². The Labute approximate surface area is 85.9 Å². The van der Waals surface area contributed by atoms with Gasteiger partial charge in [0.15, 0.2) is 0 Å². The van der Waals surface area contributed by atoms with Gasteiger partial charge in [-0.3, -0.25) is 0 Å². The van der Waals surface area contributed by atoms with Crippen molar-refractivity contribution < 1.29 is 0 Å². The monoisotopic (exact) mass is 197 g/mol. The van der Waals surface area contributed by atoms with E-state index in [4.69, 9.17) is 5.26 Å². The Kier molecular flexibility index (Phi) is 4.12. The molecular formula is C11H19NS. The molecule has 0 aromatic rings. The van der Waals surface area contributed by atoms with Crippen LogP contribution in [-0.4, -0.2) is 11.0 Å². The van der Waals surface area contributed by atoms with Crippen LogP contribution in [0.2, 0.25) is 0 Å². The number of hydrogen-bond acceptors (Lipinski definition) is 2. The summed E-state index contributed by atoms with van der Waals surface area (Å²) in [7, 11) is 0. The zero-order valence-corrected chi connectivity index (χ0v) is 9.49. The summed E-state index contributed by atoms with van der Waals surface area (Å²) in [6.07, 6.45) is 6.94. The molecular weight excluding hydrogens is 178 g/mol. The SMILES string of the molecule is CC(C)(C#N)CSC1CCCCC1. The molecule has 1 nitrogen and oxygen atoms in total. The predicted octanol–water partition coefficient (Wildman–Crippen LogP) is 3.60. The Bertz CT molecular complexity index is 187. The lowest BCUT2D eigenvalue weighted by Crippen LogP contribution is -2.16. The van der Waals surface area contributed by atoms with Crippen LogP contribution in [0.4, 0.5) is 0 Å². The molecule has 1 aliphatic rings. The highest BCUT2D eigenvalue weighted by atomic mass is 32.2. The lowest BCUT2D eigenvalue weighted by Gasteiger charge is -2.24. The third kappa shape index (κ3) is 4.04. The van der Waals surface area contributed by atoms with E-state index in [1.165, 1.54) is 32.1 Å². The molecule has 2 heteroatoms. The largest absolute Gasteiger partial charge is 0.198 e. The first-order valence-corrected chi connectivity index (χ1v) is 6.22. The fraction of sp³-hybridized carbons (Fsp3) is 0.909. The van der Waals surface area contributed by atoms with Crippen LogP contribution in [0, 0.1) is 16.7 Å². The van der Waals surface area contributed by atoms with Crippen molar-refractivity contribution in [1.82, 2.24) is 0 Å². The average molecular weight is 197 g/mol. The van der Waals surface area contributed by atoms with Gasteiger partial charge in [0.1, 0.15) is 0 Å². The fourth-order valence-electron chi connectivity index (χ4n) is 1.59. The molecule has 0 aromatic heterocycles. The highest BCUT2D eigenvalue weighted by Crippen LogP contribution is 2.32. The molecule has 0 atom stereocenters. The van der Waals surface area contributed by atoms with Gasteiger partial charge in [-0.2, -0.15) is 17.0 Å². The summed E-state index contributed by atoms with van der Waals surface area (Å²) >= 11 is 2.01. The maximum Gasteiger partial charge on any atom is 0.0692 e. The summed E-state index contributed by atoms with van der Waals surface area (Å²) in [6, 6.07) is 2.36. The van der Waals surface area contributed by atoms with Crippen LogP contribution in [-0.2, 0) is 0 Å². The molecule has 0 aromatic carbocycles. The molecule has 0 unspecified atom stereocenters. The van der Waals surface area contributed by atoms with Crippen molar-refractivity contribution in [3.05, 3.63) is 0 Å². The number of nitriles is 1. The lowest BCUT2D eigenvalue weighted by molar-refractivity contribution is 0.511. The minimum absolute atomic E-state index is 0.137. The van der Waals surface area contributed by atoms with Crippen molar-refractivity contribution in [1.29, 1.82) is 5.26 Å². The van der Waals surface area contributed by atoms with Crippen molar-refractivity contribution in [2.45, 2.75) is 51.2 Å². The van der Waals surface area contributed by atoms with Gasteiger partial charge < -0.3 is 0 Å². The van der Waals surface area contributed by atoms with E-state index in [1.807, 2.05) is 25.6 Å². The van der Waals surface area contributed by atoms with Crippen molar-refractivity contribution in [3.63, 3.8) is 0 Å². The molecule has 0 N–H and O–H groups in total. The van der Waals surface area contributed by atoms with Crippen molar-refractivity contribution >= 4 is 11.8 Å². The maximum atomic E-state index is 8.86. The first-order valence-electron chi connectivity index (χ1n) is 5.17. The third-order valence-corrected chi connectivity index (χ3v) is 4.37. The molecule has 1 saturated carbocycles. The molecule has 0 amide bonds. The van der Waals surface area contributed by atoms with Gasteiger partial charge in [0, 0.05) is 11.0 Å². The van der Waals surface area contributed by atoms with Crippen molar-refractivity contribution in [3.8, 4) is 6.07 Å². The molecule has 13 heavy (non-hydrogen) atoms. The summed E-state index contributed by atoms with van der Waals surface area (Å²) in [5.41, 5.74) is -0.137. The smallest absolute Gasteiger partial charge is 0.0692 e. The molecule has 1 fully saturated rings. The second kappa shape index (κ2) is 4.91. The van der Waals surface area contributed by atoms with Crippen LogP contribution in [0.5, 0.6) is 0 Å². The third-order valence-electron chi connectivity index (χ3n) is 2.53. The van der Waals surface area contributed by atoms with Gasteiger partial charge in [0.25, 0.3) is 0 Å². The highest BCUT2D eigenvalue weighted by molar-refractivity contribution is 7.99. The van der Waals surface area contributed by atoms with E-state index < -0.39 is 0 Å². The van der Waals surface area contributed by atoms with E-state index in [2.05, 4.69) is 6.07 Å². The molecule has 0 radical (unpaired) electrons. The Morgan fingerprint density at radius 2 is 1.92 bits per heavy atom. The summed E-state index contributed by atoms with van der Waals surface area (Å²) < 4.78 is 0. The molecule has 0 aliphatic heterocycles. The summed E-state index contributed by atoms with van der Waals surface area (Å²) in [4.78, 5) is 0. The van der Waals surface area contributed by atoms with Crippen molar-refractivity contribution in [2.24, 2.45) is 5.41 Å². The standard InChI is InChI=1S/C11H19NS/c1-11(2,8-12)9-13-10-6-4-3-5-7-10/h10H,3-7,9H2,1-2H3. The van der Waals surface area contributed by atoms with Gasteiger partial charge in [-0.1, -0.05) is 19.3 Å². The number of rotatable bonds is 3. The molecule has 0 saturated heterocycles. The molecule has 0 heterocycles. The van der Waals surface area contributed by atoms with Gasteiger partial charge in [0.05, 0.1) is 11.5 Å². The molecule has 74 valence electrons. The maximum absolute atomic E-state index is 8.86. The lowest BCUT2D eigenvalue weighted by atomic mass is 9.99. The van der Waals surface area contributed by atoms with Gasteiger partial charge in [-0.25, -0.2) is 0 Å². The van der Waals surface area contributed by atoms with E-state index >= 15 is 0 Å². The molecule has 0 spiro atoms. The predicted molar refractivity (Wildman–Crippen MR) is 58.7 cm³/mol. The summed E-state index contributed by atoms with van der Waals surface area (Å²) in [5.74, 6) is 0.994. The van der Waals surface area contributed by atoms with Crippen LogP contribution in [0.15, 0.2) is 0 Å². The number of hydrogen-bond donors (Lipinski definition) is 0. The Morgan fingerprint density at radius 3 is 2.46 bits per heavy atom. The molecule has 0 bridgehead atoms. The number of nitrogens with zero attached hydrogens (tertiary/aromatic N) is 1. The van der Waals surface area contributed by atoms with E-state index in [0.29, 0.717) is 0 Å². The Balaban J connectivity index is 2.22. The van der Waals surface area contributed by atoms with Gasteiger partial charge in [0.2, 0.25) is 0 Å². The Morgan fingerprint density at radius 1 is 1.31 bits per heavy atom. The molecule has 1 rings (SSSR count). The number of thioether (sulfide) groups is 1. The van der Waals surface area contributed by atoms with Crippen LogP contribution in [0.1, 0.15) is 46.0 Å². The average Bonchev–Trinajstić information content (AvgIpc) is 2.17. The fourth-order valence-corrected chi connectivity index (χ4v) is 2.97. The van der Waals surface area contributed by atoms with Crippen molar-refractivity contribution in [2.75, 3.05) is 5.75 Å². The van der Waals surface area contributed by atoms with Crippen LogP contribution >= 0.6 is 11.8 Å². The zero-order chi connectivity index (χ0) is 9.73. The van der Waals surface area contributed by atoms with Crippen LogP contribution in [0.25, 0.3) is 0 Å². The Hall–Kier alpha value is -0.160. The second-order valence-corrected chi connectivity index (χ2v) is 5.86. The normalized spacial score (nSPS) is 19.8. The minimum atomic E-state index is -0.137. The van der Waals surface area contributed by atoms with Gasteiger partial charge in [-0.15, -0.1) is 0 Å². The molecule has 1 aliphatic carbocycles. The second-order valence-electron chi connectivity index (χ2n) is 4.57. The first kappa shape index (κ1) is 10.9. The summed E-state index contributed by atoms with van der Waals surface area (Å²) in [5, 5.41) is 9.69. The van der Waals surface area contributed by atoms with Crippen LogP contribution < -0.4 is 0 Å². The zero-order valence-electron chi connectivity index (χ0n) is 8.68. The van der Waals surface area contributed by atoms with Crippen LogP contribution in [0.3, 0.4) is 0 Å². The van der Waals surface area contributed by atoms with Gasteiger partial charge in [-0.05, 0) is 26.7 Å². The minimum Gasteiger partial charge on any atom is -0.198 e. The summed E-state index contributed by atoms with van der Waals surface area (Å²) in [6.45, 7) is 4.06. The quantitative estimate of drug-likeness (QED) is 0.690. The van der Waals surface area contributed by atoms with E-state index in [1.54, 1.807) is 0 Å². The topological polar surface area (TPSA) is 23.8 Å². The van der Waals surface area contributed by atoms with Gasteiger partial charge >= 0.3 is 0 Å². The highest BCUT2D eigenvalue weighted by Gasteiger charge is 2.20. The first-order chi connectivity index (χ1) is 6.14. The van der Waals surface area contributed by atoms with E-state index in [0.717, 1.165) is 11.0 Å². The van der Waals surface area contributed by atoms with E-state index in [-0.39, 0.29) is 5.41 Å².